The Kier molecular flexibility index (Phi) is 15.3. The molecule has 4 rings (SSSR count). The van der Waals surface area contributed by atoms with E-state index in [9.17, 15) is 24.0 Å². The Balaban J connectivity index is 1.51. The summed E-state index contributed by atoms with van der Waals surface area (Å²) < 4.78 is 10.8. The molecule has 5 atom stereocenters. The van der Waals surface area contributed by atoms with Gasteiger partial charge in [0, 0.05) is 19.5 Å². The maximum absolute atomic E-state index is 14.1. The highest BCUT2D eigenvalue weighted by Crippen LogP contribution is 2.29. The Morgan fingerprint density at radius 2 is 1.19 bits per heavy atom. The number of nitrogens with one attached hydrogen (secondary N) is 4. The molecule has 2 heterocycles. The van der Waals surface area contributed by atoms with E-state index in [-0.39, 0.29) is 36.5 Å². The van der Waals surface area contributed by atoms with Crippen LogP contribution >= 0.6 is 0 Å². The van der Waals surface area contributed by atoms with Crippen molar-refractivity contribution in [2.75, 3.05) is 39.5 Å². The first kappa shape index (κ1) is 40.6. The van der Waals surface area contributed by atoms with Crippen LogP contribution in [0.25, 0.3) is 0 Å². The van der Waals surface area contributed by atoms with E-state index in [4.69, 9.17) is 9.47 Å². The minimum absolute atomic E-state index is 0.0171. The molecule has 0 aliphatic carbocycles. The van der Waals surface area contributed by atoms with Gasteiger partial charge in [-0.15, -0.1) is 0 Å². The average Bonchev–Trinajstić information content (AvgIpc) is 3.87. The van der Waals surface area contributed by atoms with Gasteiger partial charge in [0.05, 0.1) is 32.4 Å². The zero-order chi connectivity index (χ0) is 37.7. The second kappa shape index (κ2) is 19.6. The maximum Gasteiger partial charge on any atom is 0.243 e. The summed E-state index contributed by atoms with van der Waals surface area (Å²) in [5.74, 6) is -1.83. The second-order valence-corrected chi connectivity index (χ2v) is 15.0. The SMILES string of the molecule is CC(C)CC(NC(=O)C(Cc1ccccc1)NC(=O)[C@H](CC(C)C)NC(=O)[C@H](CCc1ccccc1)NC(=O)CN1CCOCC1)C(=O)C1(C)CO1. The van der Waals surface area contributed by atoms with Crippen molar-refractivity contribution in [3.8, 4) is 0 Å². The van der Waals surface area contributed by atoms with Crippen LogP contribution < -0.4 is 21.3 Å². The number of rotatable bonds is 20. The van der Waals surface area contributed by atoms with Crippen LogP contribution in [0.15, 0.2) is 60.7 Å². The molecule has 0 radical (unpaired) electrons. The number of Topliss-reactive ketones (excluding diaryl/α,β-unsaturated/α-hetero) is 1. The number of ether oxygens (including phenoxy) is 2. The number of benzene rings is 2. The van der Waals surface area contributed by atoms with Crippen LogP contribution in [0.1, 0.15) is 65.0 Å². The quantitative estimate of drug-likeness (QED) is 0.152. The molecule has 0 bridgehead atoms. The number of ketones is 1. The molecule has 4 amide bonds. The normalized spacial score (nSPS) is 19.6. The Hall–Kier alpha value is -4.13. The van der Waals surface area contributed by atoms with Crippen molar-refractivity contribution in [2.24, 2.45) is 11.8 Å². The van der Waals surface area contributed by atoms with E-state index in [1.54, 1.807) is 6.92 Å². The fourth-order valence-corrected chi connectivity index (χ4v) is 6.33. The highest BCUT2D eigenvalue weighted by atomic mass is 16.6. The first-order valence-corrected chi connectivity index (χ1v) is 18.6. The first-order valence-electron chi connectivity index (χ1n) is 18.6. The molecule has 2 fully saturated rings. The molecule has 2 aliphatic rings. The van der Waals surface area contributed by atoms with E-state index in [2.05, 4.69) is 21.3 Å². The van der Waals surface area contributed by atoms with Crippen LogP contribution in [0, 0.1) is 11.8 Å². The van der Waals surface area contributed by atoms with E-state index in [0.717, 1.165) is 11.1 Å². The van der Waals surface area contributed by atoms with E-state index in [0.29, 0.717) is 58.6 Å². The Morgan fingerprint density at radius 3 is 1.77 bits per heavy atom. The smallest absolute Gasteiger partial charge is 0.243 e. The second-order valence-electron chi connectivity index (χ2n) is 15.0. The number of hydrogen-bond acceptors (Lipinski definition) is 8. The predicted octanol–water partition coefficient (Wildman–Crippen LogP) is 2.58. The van der Waals surface area contributed by atoms with Gasteiger partial charge in [-0.3, -0.25) is 28.9 Å². The van der Waals surface area contributed by atoms with Crippen LogP contribution in [-0.2, 0) is 46.3 Å². The molecule has 4 N–H and O–H groups in total. The summed E-state index contributed by atoms with van der Waals surface area (Å²) in [6.45, 7) is 12.3. The summed E-state index contributed by atoms with van der Waals surface area (Å²) in [4.78, 5) is 70.5. The van der Waals surface area contributed by atoms with Gasteiger partial charge in [0.2, 0.25) is 23.6 Å². The van der Waals surface area contributed by atoms with Gasteiger partial charge in [-0.05, 0) is 55.6 Å². The topological polar surface area (TPSA) is 158 Å². The number of epoxide rings is 1. The van der Waals surface area contributed by atoms with Gasteiger partial charge < -0.3 is 30.7 Å². The summed E-state index contributed by atoms with van der Waals surface area (Å²) >= 11 is 0. The molecular weight excluding hydrogens is 662 g/mol. The van der Waals surface area contributed by atoms with Crippen molar-refractivity contribution < 1.29 is 33.4 Å². The molecule has 2 aromatic carbocycles. The molecule has 52 heavy (non-hydrogen) atoms. The minimum atomic E-state index is -1.03. The van der Waals surface area contributed by atoms with Crippen molar-refractivity contribution in [3.63, 3.8) is 0 Å². The van der Waals surface area contributed by atoms with Gasteiger partial charge >= 0.3 is 0 Å². The highest BCUT2D eigenvalue weighted by molar-refractivity contribution is 5.98. The lowest BCUT2D eigenvalue weighted by molar-refractivity contribution is -0.135. The zero-order valence-corrected chi connectivity index (χ0v) is 31.3. The molecule has 284 valence electrons. The molecule has 0 saturated carbocycles. The summed E-state index contributed by atoms with van der Waals surface area (Å²) in [6, 6.07) is 15.3. The minimum Gasteiger partial charge on any atom is -0.379 e. The van der Waals surface area contributed by atoms with E-state index < -0.39 is 47.5 Å². The van der Waals surface area contributed by atoms with Crippen molar-refractivity contribution in [1.82, 2.24) is 26.2 Å². The Morgan fingerprint density at radius 1 is 0.692 bits per heavy atom. The van der Waals surface area contributed by atoms with Crippen molar-refractivity contribution >= 4 is 29.4 Å². The van der Waals surface area contributed by atoms with Gasteiger partial charge in [0.1, 0.15) is 23.7 Å². The van der Waals surface area contributed by atoms with E-state index >= 15 is 0 Å². The molecule has 12 nitrogen and oxygen atoms in total. The van der Waals surface area contributed by atoms with Gasteiger partial charge in [-0.2, -0.15) is 0 Å². The molecule has 2 saturated heterocycles. The van der Waals surface area contributed by atoms with E-state index in [1.165, 1.54) is 0 Å². The van der Waals surface area contributed by atoms with Gasteiger partial charge in [-0.1, -0.05) is 88.4 Å². The lowest BCUT2D eigenvalue weighted by Crippen LogP contribution is -2.59. The number of hydrogen-bond donors (Lipinski definition) is 4. The van der Waals surface area contributed by atoms with Crippen LogP contribution in [0.2, 0.25) is 0 Å². The monoisotopic (exact) mass is 719 g/mol. The third kappa shape index (κ3) is 13.1. The standard InChI is InChI=1S/C40H57N5O7/c1-27(2)22-32(36(47)40(5)26-52-40)42-39(50)34(24-30-14-10-7-11-15-30)44-38(49)33(23-28(3)4)43-37(48)31(17-16-29-12-8-6-9-13-29)41-35(46)25-45-18-20-51-21-19-45/h6-15,27-28,31-34H,16-26H2,1-5H3,(H,41,46)(H,42,50)(H,43,48)(H,44,49)/t31-,32?,33-,34?,40?/m0/s1. The first-order chi connectivity index (χ1) is 24.8. The van der Waals surface area contributed by atoms with Gasteiger partial charge in [-0.25, -0.2) is 0 Å². The predicted molar refractivity (Wildman–Crippen MR) is 198 cm³/mol. The largest absolute Gasteiger partial charge is 0.379 e. The Labute approximate surface area is 308 Å². The van der Waals surface area contributed by atoms with Crippen LogP contribution in [-0.4, -0.2) is 104 Å². The molecule has 2 aromatic rings. The highest BCUT2D eigenvalue weighted by Gasteiger charge is 2.50. The average molecular weight is 720 g/mol. The zero-order valence-electron chi connectivity index (χ0n) is 31.3. The third-order valence-corrected chi connectivity index (χ3v) is 9.38. The molecule has 2 aliphatic heterocycles. The molecule has 0 aromatic heterocycles. The number of morpholine rings is 1. The number of nitrogens with zero attached hydrogens (tertiary/aromatic N) is 1. The number of carbonyl (C=O) groups is 5. The fraction of sp³-hybridized carbons (Fsp3) is 0.575. The number of carbonyl (C=O) groups excluding carboxylic acids is 5. The maximum atomic E-state index is 14.1. The van der Waals surface area contributed by atoms with Gasteiger partial charge in [0.25, 0.3) is 0 Å². The van der Waals surface area contributed by atoms with Crippen molar-refractivity contribution in [2.45, 2.75) is 96.5 Å². The van der Waals surface area contributed by atoms with Crippen molar-refractivity contribution in [1.29, 1.82) is 0 Å². The van der Waals surface area contributed by atoms with E-state index in [1.807, 2.05) is 93.3 Å². The number of aryl methyl sites for hydroxylation is 1. The summed E-state index contributed by atoms with van der Waals surface area (Å²) in [5.41, 5.74) is 0.915. The molecule has 0 spiro atoms. The third-order valence-electron chi connectivity index (χ3n) is 9.38. The van der Waals surface area contributed by atoms with Crippen LogP contribution in [0.5, 0.6) is 0 Å². The molecule has 3 unspecified atom stereocenters. The van der Waals surface area contributed by atoms with Crippen molar-refractivity contribution in [3.05, 3.63) is 71.8 Å². The van der Waals surface area contributed by atoms with Crippen LogP contribution in [0.4, 0.5) is 0 Å². The summed E-state index contributed by atoms with van der Waals surface area (Å²) in [7, 11) is 0. The Bertz CT molecular complexity index is 1480. The summed E-state index contributed by atoms with van der Waals surface area (Å²) in [6.07, 6.45) is 1.76. The lowest BCUT2D eigenvalue weighted by atomic mass is 9.93. The molecular formula is C40H57N5O7. The van der Waals surface area contributed by atoms with Gasteiger partial charge in [0.15, 0.2) is 5.78 Å². The number of amides is 4. The fourth-order valence-electron chi connectivity index (χ4n) is 6.33. The lowest BCUT2D eigenvalue weighted by Gasteiger charge is -2.29. The van der Waals surface area contributed by atoms with Crippen LogP contribution in [0.3, 0.4) is 0 Å². The summed E-state index contributed by atoms with van der Waals surface area (Å²) in [5, 5.41) is 11.7. The molecule has 12 heteroatoms.